The van der Waals surface area contributed by atoms with E-state index in [1.165, 1.54) is 0 Å². The number of carbonyl (C=O) groups excluding carboxylic acids is 2. The Balaban J connectivity index is 1.62. The van der Waals surface area contributed by atoms with Crippen LogP contribution >= 0.6 is 0 Å². The van der Waals surface area contributed by atoms with Gasteiger partial charge in [0.2, 0.25) is 11.8 Å². The van der Waals surface area contributed by atoms with Crippen LogP contribution in [0.15, 0.2) is 24.4 Å². The van der Waals surface area contributed by atoms with Gasteiger partial charge in [0.1, 0.15) is 0 Å². The van der Waals surface area contributed by atoms with E-state index in [9.17, 15) is 9.59 Å². The van der Waals surface area contributed by atoms with E-state index in [2.05, 4.69) is 23.7 Å². The van der Waals surface area contributed by atoms with Gasteiger partial charge in [0.15, 0.2) is 0 Å². The first-order valence-electron chi connectivity index (χ1n) is 9.93. The van der Waals surface area contributed by atoms with Crippen molar-refractivity contribution in [1.29, 1.82) is 0 Å². The molecule has 0 N–H and O–H groups in total. The number of aromatic nitrogens is 1. The highest BCUT2D eigenvalue weighted by atomic mass is 16.2. The number of pyridine rings is 1. The van der Waals surface area contributed by atoms with E-state index >= 15 is 0 Å². The summed E-state index contributed by atoms with van der Waals surface area (Å²) in [6, 6.07) is 5.91. The molecule has 0 aromatic carbocycles. The summed E-state index contributed by atoms with van der Waals surface area (Å²) in [7, 11) is 0. The Morgan fingerprint density at radius 3 is 2.85 bits per heavy atom. The van der Waals surface area contributed by atoms with Crippen LogP contribution in [-0.4, -0.2) is 52.8 Å². The Morgan fingerprint density at radius 1 is 1.27 bits per heavy atom. The zero-order valence-electron chi connectivity index (χ0n) is 16.1. The summed E-state index contributed by atoms with van der Waals surface area (Å²) >= 11 is 0. The van der Waals surface area contributed by atoms with Gasteiger partial charge in [-0.2, -0.15) is 0 Å². The monoisotopic (exact) mass is 357 g/mol. The van der Waals surface area contributed by atoms with E-state index in [1.54, 1.807) is 6.20 Å². The van der Waals surface area contributed by atoms with E-state index < -0.39 is 0 Å². The average molecular weight is 357 g/mol. The molecule has 5 nitrogen and oxygen atoms in total. The van der Waals surface area contributed by atoms with Crippen molar-refractivity contribution in [3.63, 3.8) is 0 Å². The molecule has 2 fully saturated rings. The number of hydrogen-bond donors (Lipinski definition) is 0. The average Bonchev–Trinajstić information content (AvgIpc) is 2.63. The lowest BCUT2D eigenvalue weighted by molar-refractivity contribution is -0.143. The Bertz CT molecular complexity index is 631. The highest BCUT2D eigenvalue weighted by Crippen LogP contribution is 2.39. The Kier molecular flexibility index (Phi) is 5.94. The fourth-order valence-corrected chi connectivity index (χ4v) is 4.33. The van der Waals surface area contributed by atoms with Gasteiger partial charge in [-0.1, -0.05) is 19.9 Å². The molecule has 1 atom stereocenters. The van der Waals surface area contributed by atoms with E-state index in [-0.39, 0.29) is 17.2 Å². The minimum absolute atomic E-state index is 0.0862. The second kappa shape index (κ2) is 8.19. The van der Waals surface area contributed by atoms with E-state index in [1.807, 2.05) is 23.1 Å². The van der Waals surface area contributed by atoms with Gasteiger partial charge in [0, 0.05) is 62.7 Å². The highest BCUT2D eigenvalue weighted by Gasteiger charge is 2.42. The molecule has 2 aliphatic heterocycles. The molecular formula is C21H31N3O2. The third-order valence-electron chi connectivity index (χ3n) is 5.71. The molecule has 0 saturated carbocycles. The second-order valence-electron chi connectivity index (χ2n) is 8.40. The maximum atomic E-state index is 12.5. The number of carbonyl (C=O) groups is 2. The first-order valence-corrected chi connectivity index (χ1v) is 9.93. The van der Waals surface area contributed by atoms with Crippen LogP contribution in [0, 0.1) is 11.3 Å². The van der Waals surface area contributed by atoms with Crippen molar-refractivity contribution < 1.29 is 9.59 Å². The normalized spacial score (nSPS) is 23.7. The van der Waals surface area contributed by atoms with Crippen LogP contribution in [0.3, 0.4) is 0 Å². The molecule has 0 unspecified atom stereocenters. The fourth-order valence-electron chi connectivity index (χ4n) is 4.33. The molecular weight excluding hydrogens is 326 g/mol. The summed E-state index contributed by atoms with van der Waals surface area (Å²) in [4.78, 5) is 33.4. The van der Waals surface area contributed by atoms with Crippen LogP contribution in [0.5, 0.6) is 0 Å². The molecule has 0 bridgehead atoms. The summed E-state index contributed by atoms with van der Waals surface area (Å²) in [6.45, 7) is 7.37. The molecule has 0 aliphatic carbocycles. The van der Waals surface area contributed by atoms with Crippen LogP contribution in [0.4, 0.5) is 0 Å². The van der Waals surface area contributed by atoms with Gasteiger partial charge in [-0.05, 0) is 37.3 Å². The van der Waals surface area contributed by atoms with Crippen molar-refractivity contribution >= 4 is 11.8 Å². The maximum Gasteiger partial charge on any atom is 0.222 e. The van der Waals surface area contributed by atoms with Crippen LogP contribution < -0.4 is 0 Å². The number of rotatable bonds is 5. The molecule has 26 heavy (non-hydrogen) atoms. The fraction of sp³-hybridized carbons (Fsp3) is 0.667. The first-order chi connectivity index (χ1) is 12.5. The number of hydrogen-bond acceptors (Lipinski definition) is 3. The van der Waals surface area contributed by atoms with Crippen molar-refractivity contribution in [3.8, 4) is 0 Å². The quantitative estimate of drug-likeness (QED) is 0.814. The summed E-state index contributed by atoms with van der Waals surface area (Å²) in [5.74, 6) is 0.913. The predicted octanol–water partition coefficient (Wildman–Crippen LogP) is 2.90. The third-order valence-corrected chi connectivity index (χ3v) is 5.71. The van der Waals surface area contributed by atoms with E-state index in [0.717, 1.165) is 57.6 Å². The molecule has 2 saturated heterocycles. The lowest BCUT2D eigenvalue weighted by atomic mass is 9.73. The molecule has 2 amide bonds. The number of likely N-dealkylation sites (tertiary alicyclic amines) is 2. The van der Waals surface area contributed by atoms with Crippen LogP contribution in [0.25, 0.3) is 0 Å². The molecule has 1 aromatic heterocycles. The predicted molar refractivity (Wildman–Crippen MR) is 101 cm³/mol. The zero-order chi connectivity index (χ0) is 18.6. The number of amides is 2. The van der Waals surface area contributed by atoms with Gasteiger partial charge in [0.05, 0.1) is 0 Å². The van der Waals surface area contributed by atoms with Crippen molar-refractivity contribution in [2.24, 2.45) is 11.3 Å². The van der Waals surface area contributed by atoms with Gasteiger partial charge in [-0.15, -0.1) is 0 Å². The molecule has 0 radical (unpaired) electrons. The minimum atomic E-state index is 0.0862. The standard InChI is InChI=1S/C21H31N3O2/c1-17(2)14-20(26)23-12-5-9-21(15-23)10-7-19(25)24(16-21)13-8-18-6-3-4-11-22-18/h3-4,6,11,17H,5,7-10,12-16H2,1-2H3/t21-/m1/s1. The van der Waals surface area contributed by atoms with Crippen LogP contribution in [-0.2, 0) is 16.0 Å². The Hall–Kier alpha value is -1.91. The van der Waals surface area contributed by atoms with Gasteiger partial charge >= 0.3 is 0 Å². The third kappa shape index (κ3) is 4.63. The first kappa shape index (κ1) is 18.9. The number of piperidine rings is 2. The Labute approximate surface area is 156 Å². The van der Waals surface area contributed by atoms with Crippen molar-refractivity contribution in [2.75, 3.05) is 26.2 Å². The zero-order valence-corrected chi connectivity index (χ0v) is 16.1. The maximum absolute atomic E-state index is 12.5. The van der Waals surface area contributed by atoms with Gasteiger partial charge < -0.3 is 9.80 Å². The van der Waals surface area contributed by atoms with E-state index in [0.29, 0.717) is 18.8 Å². The lowest BCUT2D eigenvalue weighted by Gasteiger charge is -2.48. The van der Waals surface area contributed by atoms with Crippen molar-refractivity contribution in [1.82, 2.24) is 14.8 Å². The second-order valence-corrected chi connectivity index (χ2v) is 8.40. The number of nitrogens with zero attached hydrogens (tertiary/aromatic N) is 3. The van der Waals surface area contributed by atoms with Gasteiger partial charge in [-0.25, -0.2) is 0 Å². The summed E-state index contributed by atoms with van der Waals surface area (Å²) in [5.41, 5.74) is 1.11. The topological polar surface area (TPSA) is 53.5 Å². The molecule has 1 spiro atoms. The van der Waals surface area contributed by atoms with Gasteiger partial charge in [-0.3, -0.25) is 14.6 Å². The molecule has 1 aromatic rings. The van der Waals surface area contributed by atoms with Crippen molar-refractivity contribution in [3.05, 3.63) is 30.1 Å². The largest absolute Gasteiger partial charge is 0.342 e. The molecule has 142 valence electrons. The van der Waals surface area contributed by atoms with Crippen LogP contribution in [0.2, 0.25) is 0 Å². The van der Waals surface area contributed by atoms with E-state index in [4.69, 9.17) is 0 Å². The molecule has 3 heterocycles. The molecule has 3 rings (SSSR count). The summed E-state index contributed by atoms with van der Waals surface area (Å²) in [5, 5.41) is 0. The Morgan fingerprint density at radius 2 is 2.12 bits per heavy atom. The smallest absolute Gasteiger partial charge is 0.222 e. The highest BCUT2D eigenvalue weighted by molar-refractivity contribution is 5.78. The van der Waals surface area contributed by atoms with Gasteiger partial charge in [0.25, 0.3) is 0 Å². The minimum Gasteiger partial charge on any atom is -0.342 e. The molecule has 5 heteroatoms. The van der Waals surface area contributed by atoms with Crippen LogP contribution in [0.1, 0.15) is 51.6 Å². The molecule has 2 aliphatic rings. The lowest BCUT2D eigenvalue weighted by Crippen LogP contribution is -2.55. The SMILES string of the molecule is CC(C)CC(=O)N1CCC[C@@]2(CCC(=O)N(CCc3ccccn3)C2)C1. The summed E-state index contributed by atoms with van der Waals surface area (Å²) < 4.78 is 0. The summed E-state index contributed by atoms with van der Waals surface area (Å²) in [6.07, 6.45) is 6.90. The van der Waals surface area contributed by atoms with Crippen molar-refractivity contribution in [2.45, 2.75) is 52.4 Å².